The molecule has 1 aromatic rings. The van der Waals surface area contributed by atoms with Crippen LogP contribution in [-0.4, -0.2) is 54.3 Å². The quantitative estimate of drug-likeness (QED) is 0.801. The minimum atomic E-state index is -0.217. The van der Waals surface area contributed by atoms with Crippen molar-refractivity contribution in [1.29, 1.82) is 0 Å². The number of piperidine rings is 1. The zero-order valence-electron chi connectivity index (χ0n) is 16.7. The molecule has 1 aromatic carbocycles. The van der Waals surface area contributed by atoms with E-state index in [-0.39, 0.29) is 17.7 Å². The molecule has 0 radical (unpaired) electrons. The number of carbonyl (C=O) groups is 2. The van der Waals surface area contributed by atoms with Crippen molar-refractivity contribution in [3.8, 4) is 0 Å². The van der Waals surface area contributed by atoms with E-state index in [0.717, 1.165) is 12.1 Å². The van der Waals surface area contributed by atoms with Crippen LogP contribution in [0.5, 0.6) is 0 Å². The van der Waals surface area contributed by atoms with Gasteiger partial charge in [-0.1, -0.05) is 43.2 Å². The highest BCUT2D eigenvalue weighted by Gasteiger charge is 2.34. The first kappa shape index (κ1) is 19.9. The summed E-state index contributed by atoms with van der Waals surface area (Å²) in [6, 6.07) is 8.23. The maximum Gasteiger partial charge on any atom is 0.225 e. The molecular weight excluding hydrogens is 338 g/mol. The Labute approximate surface area is 163 Å². The Morgan fingerprint density at radius 1 is 1.19 bits per heavy atom. The molecule has 1 N–H and O–H groups in total. The number of benzene rings is 1. The third-order valence-corrected chi connectivity index (χ3v) is 5.72. The summed E-state index contributed by atoms with van der Waals surface area (Å²) in [6.45, 7) is 9.47. The van der Waals surface area contributed by atoms with Gasteiger partial charge in [0.15, 0.2) is 0 Å². The van der Waals surface area contributed by atoms with Crippen molar-refractivity contribution in [2.45, 2.75) is 46.1 Å². The van der Waals surface area contributed by atoms with Crippen LogP contribution in [0.4, 0.5) is 0 Å². The van der Waals surface area contributed by atoms with E-state index in [9.17, 15) is 9.59 Å². The summed E-state index contributed by atoms with van der Waals surface area (Å²) in [5.41, 5.74) is 2.33. The highest BCUT2D eigenvalue weighted by Crippen LogP contribution is 2.21. The molecule has 5 heteroatoms. The molecule has 27 heavy (non-hydrogen) atoms. The number of nitrogens with zero attached hydrogens (tertiary/aromatic N) is 2. The SMILES string of the molecule is Cc1ccc(CN2CC(C(=O)NCC(C)CN3CCCCC3)CC2=O)cc1. The third-order valence-electron chi connectivity index (χ3n) is 5.72. The zero-order valence-corrected chi connectivity index (χ0v) is 16.7. The van der Waals surface area contributed by atoms with Crippen LogP contribution in [0.2, 0.25) is 0 Å². The molecule has 0 bridgehead atoms. The van der Waals surface area contributed by atoms with Crippen LogP contribution in [0.15, 0.2) is 24.3 Å². The Hall–Kier alpha value is -1.88. The lowest BCUT2D eigenvalue weighted by Gasteiger charge is -2.29. The minimum Gasteiger partial charge on any atom is -0.355 e. The van der Waals surface area contributed by atoms with Crippen molar-refractivity contribution in [3.05, 3.63) is 35.4 Å². The summed E-state index contributed by atoms with van der Waals surface area (Å²) in [7, 11) is 0. The number of hydrogen-bond donors (Lipinski definition) is 1. The van der Waals surface area contributed by atoms with E-state index in [4.69, 9.17) is 0 Å². The van der Waals surface area contributed by atoms with Gasteiger partial charge >= 0.3 is 0 Å². The fourth-order valence-electron chi connectivity index (χ4n) is 4.08. The second kappa shape index (κ2) is 9.36. The molecule has 0 aromatic heterocycles. The van der Waals surface area contributed by atoms with E-state index in [0.29, 0.717) is 32.0 Å². The summed E-state index contributed by atoms with van der Waals surface area (Å²) in [6.07, 6.45) is 4.26. The average molecular weight is 372 g/mol. The maximum atomic E-state index is 12.5. The van der Waals surface area contributed by atoms with Gasteiger partial charge in [-0.2, -0.15) is 0 Å². The molecule has 2 fully saturated rings. The third kappa shape index (κ3) is 5.80. The van der Waals surface area contributed by atoms with Gasteiger partial charge in [0, 0.05) is 32.6 Å². The molecule has 148 valence electrons. The Kier molecular flexibility index (Phi) is 6.89. The van der Waals surface area contributed by atoms with Gasteiger partial charge in [-0.05, 0) is 44.3 Å². The minimum absolute atomic E-state index is 0.0280. The molecule has 0 aliphatic carbocycles. The van der Waals surface area contributed by atoms with E-state index in [1.54, 1.807) is 0 Å². The molecule has 2 aliphatic rings. The molecule has 0 spiro atoms. The Morgan fingerprint density at radius 2 is 1.89 bits per heavy atom. The monoisotopic (exact) mass is 371 g/mol. The predicted molar refractivity (Wildman–Crippen MR) is 107 cm³/mol. The van der Waals surface area contributed by atoms with Gasteiger partial charge in [-0.15, -0.1) is 0 Å². The molecule has 2 saturated heterocycles. The van der Waals surface area contributed by atoms with Gasteiger partial charge in [0.1, 0.15) is 0 Å². The molecule has 2 amide bonds. The fourth-order valence-corrected chi connectivity index (χ4v) is 4.08. The number of carbonyl (C=O) groups excluding carboxylic acids is 2. The number of hydrogen-bond acceptors (Lipinski definition) is 3. The lowest BCUT2D eigenvalue weighted by atomic mass is 10.1. The van der Waals surface area contributed by atoms with Crippen molar-refractivity contribution in [1.82, 2.24) is 15.1 Å². The average Bonchev–Trinajstić information content (AvgIpc) is 3.03. The predicted octanol–water partition coefficient (Wildman–Crippen LogP) is 2.58. The molecular formula is C22H33N3O2. The van der Waals surface area contributed by atoms with Gasteiger partial charge < -0.3 is 15.1 Å². The normalized spacial score (nSPS) is 22.1. The van der Waals surface area contributed by atoms with Crippen LogP contribution in [0, 0.1) is 18.8 Å². The van der Waals surface area contributed by atoms with Gasteiger partial charge in [0.05, 0.1) is 5.92 Å². The standard InChI is InChI=1S/C22H33N3O2/c1-17-6-8-19(9-7-17)15-25-16-20(12-21(25)26)22(27)23-13-18(2)14-24-10-4-3-5-11-24/h6-9,18,20H,3-5,10-16H2,1-2H3,(H,23,27). The molecule has 2 atom stereocenters. The maximum absolute atomic E-state index is 12.5. The topological polar surface area (TPSA) is 52.7 Å². The van der Waals surface area contributed by atoms with Crippen molar-refractivity contribution in [2.75, 3.05) is 32.7 Å². The smallest absolute Gasteiger partial charge is 0.225 e. The molecule has 2 unspecified atom stereocenters. The second-order valence-corrected chi connectivity index (χ2v) is 8.37. The van der Waals surface area contributed by atoms with E-state index in [1.807, 2.05) is 4.90 Å². The van der Waals surface area contributed by atoms with Crippen LogP contribution < -0.4 is 5.32 Å². The first-order valence-electron chi connectivity index (χ1n) is 10.3. The van der Waals surface area contributed by atoms with Gasteiger partial charge in [0.25, 0.3) is 0 Å². The van der Waals surface area contributed by atoms with Crippen LogP contribution >= 0.6 is 0 Å². The van der Waals surface area contributed by atoms with E-state index in [1.165, 1.54) is 37.9 Å². The highest BCUT2D eigenvalue weighted by atomic mass is 16.2. The molecule has 0 saturated carbocycles. The van der Waals surface area contributed by atoms with E-state index >= 15 is 0 Å². The largest absolute Gasteiger partial charge is 0.355 e. The van der Waals surface area contributed by atoms with Crippen LogP contribution in [0.25, 0.3) is 0 Å². The lowest BCUT2D eigenvalue weighted by molar-refractivity contribution is -0.129. The van der Waals surface area contributed by atoms with Crippen molar-refractivity contribution >= 4 is 11.8 Å². The molecule has 3 rings (SSSR count). The first-order chi connectivity index (χ1) is 13.0. The number of nitrogens with one attached hydrogen (secondary N) is 1. The zero-order chi connectivity index (χ0) is 19.2. The second-order valence-electron chi connectivity index (χ2n) is 8.37. The number of rotatable bonds is 7. The van der Waals surface area contributed by atoms with Gasteiger partial charge in [0.2, 0.25) is 11.8 Å². The summed E-state index contributed by atoms with van der Waals surface area (Å²) in [5.74, 6) is 0.329. The molecule has 2 heterocycles. The number of aryl methyl sites for hydroxylation is 1. The number of likely N-dealkylation sites (tertiary alicyclic amines) is 2. The first-order valence-corrected chi connectivity index (χ1v) is 10.3. The lowest BCUT2D eigenvalue weighted by Crippen LogP contribution is -2.40. The fraction of sp³-hybridized carbons (Fsp3) is 0.636. The summed E-state index contributed by atoms with van der Waals surface area (Å²) >= 11 is 0. The van der Waals surface area contributed by atoms with Crippen molar-refractivity contribution < 1.29 is 9.59 Å². The van der Waals surface area contributed by atoms with Crippen molar-refractivity contribution in [2.24, 2.45) is 11.8 Å². The van der Waals surface area contributed by atoms with Crippen LogP contribution in [-0.2, 0) is 16.1 Å². The van der Waals surface area contributed by atoms with E-state index in [2.05, 4.69) is 48.3 Å². The van der Waals surface area contributed by atoms with Crippen molar-refractivity contribution in [3.63, 3.8) is 0 Å². The van der Waals surface area contributed by atoms with Crippen LogP contribution in [0.3, 0.4) is 0 Å². The molecule has 2 aliphatic heterocycles. The Balaban J connectivity index is 1.42. The van der Waals surface area contributed by atoms with Gasteiger partial charge in [-0.25, -0.2) is 0 Å². The number of amides is 2. The Morgan fingerprint density at radius 3 is 2.59 bits per heavy atom. The highest BCUT2D eigenvalue weighted by molar-refractivity contribution is 5.89. The summed E-state index contributed by atoms with van der Waals surface area (Å²) in [4.78, 5) is 29.1. The Bertz CT molecular complexity index is 637. The summed E-state index contributed by atoms with van der Waals surface area (Å²) < 4.78 is 0. The van der Waals surface area contributed by atoms with Crippen LogP contribution in [0.1, 0.15) is 43.7 Å². The molecule has 5 nitrogen and oxygen atoms in total. The summed E-state index contributed by atoms with van der Waals surface area (Å²) in [5, 5.41) is 3.08. The van der Waals surface area contributed by atoms with E-state index < -0.39 is 0 Å². The van der Waals surface area contributed by atoms with Gasteiger partial charge in [-0.3, -0.25) is 9.59 Å².